The maximum atomic E-state index is 5.68. The number of benzene rings is 1. The van der Waals surface area contributed by atoms with Crippen LogP contribution in [-0.4, -0.2) is 30.8 Å². The Morgan fingerprint density at radius 3 is 3.15 bits per heavy atom. The number of hydrogen-bond acceptors (Lipinski definition) is 4. The van der Waals surface area contributed by atoms with E-state index in [2.05, 4.69) is 36.5 Å². The van der Waals surface area contributed by atoms with Crippen molar-refractivity contribution in [1.29, 1.82) is 0 Å². The molecule has 2 aromatic rings. The third kappa shape index (κ3) is 3.19. The molecule has 1 aromatic carbocycles. The molecule has 108 valence electrons. The van der Waals surface area contributed by atoms with E-state index in [1.54, 1.807) is 0 Å². The van der Waals surface area contributed by atoms with Crippen molar-refractivity contribution < 1.29 is 4.74 Å². The molecule has 1 fully saturated rings. The van der Waals surface area contributed by atoms with Crippen molar-refractivity contribution in [3.05, 3.63) is 29.3 Å². The molecule has 0 amide bonds. The van der Waals surface area contributed by atoms with Crippen molar-refractivity contribution in [1.82, 2.24) is 10.3 Å². The lowest BCUT2D eigenvalue weighted by atomic mass is 9.93. The summed E-state index contributed by atoms with van der Waals surface area (Å²) in [5.41, 5.74) is 1.13. The first kappa shape index (κ1) is 14.0. The number of fused-ring (bicyclic) bond motifs is 1. The predicted molar refractivity (Wildman–Crippen MR) is 84.3 cm³/mol. The zero-order valence-electron chi connectivity index (χ0n) is 12.0. The maximum absolute atomic E-state index is 5.68. The van der Waals surface area contributed by atoms with Crippen LogP contribution in [0.25, 0.3) is 10.2 Å². The summed E-state index contributed by atoms with van der Waals surface area (Å²) < 4.78 is 6.96. The van der Waals surface area contributed by atoms with E-state index in [0.29, 0.717) is 12.0 Å². The normalized spacial score (nSPS) is 23.2. The van der Waals surface area contributed by atoms with Crippen molar-refractivity contribution in [2.45, 2.75) is 32.2 Å². The molecule has 20 heavy (non-hydrogen) atoms. The smallest absolute Gasteiger partial charge is 0.0942 e. The summed E-state index contributed by atoms with van der Waals surface area (Å²) in [6.45, 7) is 5.06. The van der Waals surface area contributed by atoms with Gasteiger partial charge in [0.25, 0.3) is 0 Å². The molecule has 0 bridgehead atoms. The average Bonchev–Trinajstić information content (AvgIpc) is 2.88. The largest absolute Gasteiger partial charge is 0.381 e. The summed E-state index contributed by atoms with van der Waals surface area (Å²) in [6, 6.07) is 8.97. The Bertz CT molecular complexity index is 521. The highest BCUT2D eigenvalue weighted by atomic mass is 32.1. The molecule has 1 aliphatic rings. The molecule has 0 saturated carbocycles. The minimum atomic E-state index is 0.552. The Kier molecular flexibility index (Phi) is 4.65. The van der Waals surface area contributed by atoms with Crippen molar-refractivity contribution in [2.75, 3.05) is 19.8 Å². The van der Waals surface area contributed by atoms with Crippen LogP contribution in [0.3, 0.4) is 0 Å². The summed E-state index contributed by atoms with van der Waals surface area (Å²) in [5, 5.41) is 4.91. The molecule has 1 aliphatic heterocycles. The monoisotopic (exact) mass is 290 g/mol. The first-order valence-electron chi connectivity index (χ1n) is 7.52. The number of rotatable bonds is 5. The number of para-hydroxylation sites is 1. The van der Waals surface area contributed by atoms with Crippen LogP contribution < -0.4 is 5.32 Å². The van der Waals surface area contributed by atoms with Gasteiger partial charge in [0.05, 0.1) is 21.8 Å². The Morgan fingerprint density at radius 2 is 2.30 bits per heavy atom. The molecule has 3 nitrogen and oxygen atoms in total. The predicted octanol–water partition coefficient (Wildman–Crippen LogP) is 3.24. The summed E-state index contributed by atoms with van der Waals surface area (Å²) >= 11 is 1.82. The average molecular weight is 290 g/mol. The molecule has 1 N–H and O–H groups in total. The van der Waals surface area contributed by atoms with E-state index in [-0.39, 0.29) is 0 Å². The van der Waals surface area contributed by atoms with E-state index < -0.39 is 0 Å². The topological polar surface area (TPSA) is 34.1 Å². The minimum absolute atomic E-state index is 0.552. The lowest BCUT2D eigenvalue weighted by molar-refractivity contribution is 0.0323. The fourth-order valence-electron chi connectivity index (χ4n) is 2.83. The van der Waals surface area contributed by atoms with Gasteiger partial charge in [0.15, 0.2) is 0 Å². The van der Waals surface area contributed by atoms with Crippen LogP contribution in [-0.2, 0) is 11.2 Å². The van der Waals surface area contributed by atoms with Crippen LogP contribution in [0.4, 0.5) is 0 Å². The second kappa shape index (κ2) is 6.66. The van der Waals surface area contributed by atoms with E-state index in [0.717, 1.165) is 38.1 Å². The van der Waals surface area contributed by atoms with Crippen LogP contribution in [0.1, 0.15) is 24.8 Å². The minimum Gasteiger partial charge on any atom is -0.381 e. The van der Waals surface area contributed by atoms with Gasteiger partial charge in [-0.25, -0.2) is 4.98 Å². The number of nitrogens with one attached hydrogen (secondary N) is 1. The molecule has 2 atom stereocenters. The van der Waals surface area contributed by atoms with Gasteiger partial charge in [0.2, 0.25) is 0 Å². The molecule has 4 heteroatoms. The summed E-state index contributed by atoms with van der Waals surface area (Å²) in [7, 11) is 0. The van der Waals surface area contributed by atoms with Gasteiger partial charge in [0.1, 0.15) is 0 Å². The third-order valence-corrected chi connectivity index (χ3v) is 4.96. The third-order valence-electron chi connectivity index (χ3n) is 3.91. The molecule has 2 unspecified atom stereocenters. The number of ether oxygens (including phenoxy) is 1. The zero-order chi connectivity index (χ0) is 13.8. The lowest BCUT2D eigenvalue weighted by Gasteiger charge is -2.31. The number of aromatic nitrogens is 1. The van der Waals surface area contributed by atoms with Gasteiger partial charge in [-0.05, 0) is 31.5 Å². The zero-order valence-corrected chi connectivity index (χ0v) is 12.8. The number of nitrogens with zero attached hydrogens (tertiary/aromatic N) is 1. The Hall–Kier alpha value is -0.970. The molecule has 1 aromatic heterocycles. The van der Waals surface area contributed by atoms with E-state index in [4.69, 9.17) is 9.72 Å². The van der Waals surface area contributed by atoms with Gasteiger partial charge < -0.3 is 10.1 Å². The summed E-state index contributed by atoms with van der Waals surface area (Å²) in [5.74, 6) is 0.552. The van der Waals surface area contributed by atoms with E-state index in [9.17, 15) is 0 Å². The van der Waals surface area contributed by atoms with Gasteiger partial charge in [-0.2, -0.15) is 0 Å². The van der Waals surface area contributed by atoms with Crippen molar-refractivity contribution >= 4 is 21.6 Å². The van der Waals surface area contributed by atoms with Gasteiger partial charge in [-0.1, -0.05) is 19.1 Å². The Morgan fingerprint density at radius 1 is 1.40 bits per heavy atom. The van der Waals surface area contributed by atoms with E-state index in [1.165, 1.54) is 16.1 Å². The highest BCUT2D eigenvalue weighted by Crippen LogP contribution is 2.26. The Labute approximate surface area is 124 Å². The first-order valence-corrected chi connectivity index (χ1v) is 8.34. The highest BCUT2D eigenvalue weighted by Gasteiger charge is 2.26. The molecular formula is C16H22N2OS. The fourth-order valence-corrected chi connectivity index (χ4v) is 3.89. The molecule has 0 radical (unpaired) electrons. The molecule has 0 aliphatic carbocycles. The molecule has 2 heterocycles. The molecule has 1 saturated heterocycles. The molecule has 3 rings (SSSR count). The van der Waals surface area contributed by atoms with Crippen LogP contribution in [0.15, 0.2) is 24.3 Å². The van der Waals surface area contributed by atoms with Gasteiger partial charge >= 0.3 is 0 Å². The summed E-state index contributed by atoms with van der Waals surface area (Å²) in [4.78, 5) is 4.76. The van der Waals surface area contributed by atoms with Gasteiger partial charge in [0, 0.05) is 25.0 Å². The lowest BCUT2D eigenvalue weighted by Crippen LogP contribution is -2.43. The summed E-state index contributed by atoms with van der Waals surface area (Å²) in [6.07, 6.45) is 3.33. The van der Waals surface area contributed by atoms with Crippen LogP contribution in [0.2, 0.25) is 0 Å². The van der Waals surface area contributed by atoms with Crippen molar-refractivity contribution in [3.8, 4) is 0 Å². The van der Waals surface area contributed by atoms with Crippen LogP contribution in [0, 0.1) is 5.92 Å². The first-order chi connectivity index (χ1) is 9.86. The number of hydrogen-bond donors (Lipinski definition) is 1. The van der Waals surface area contributed by atoms with Crippen LogP contribution >= 0.6 is 11.3 Å². The second-order valence-electron chi connectivity index (χ2n) is 5.46. The highest BCUT2D eigenvalue weighted by molar-refractivity contribution is 7.18. The van der Waals surface area contributed by atoms with Crippen molar-refractivity contribution in [2.24, 2.45) is 5.92 Å². The fraction of sp³-hybridized carbons (Fsp3) is 0.562. The quantitative estimate of drug-likeness (QED) is 0.918. The SMILES string of the molecule is CCCNC1CCOCC1Cc1nc2ccccc2s1. The molecular weight excluding hydrogens is 268 g/mol. The van der Waals surface area contributed by atoms with Gasteiger partial charge in [-0.3, -0.25) is 0 Å². The van der Waals surface area contributed by atoms with Crippen LogP contribution in [0.5, 0.6) is 0 Å². The van der Waals surface area contributed by atoms with Gasteiger partial charge in [-0.15, -0.1) is 11.3 Å². The molecule has 0 spiro atoms. The standard InChI is InChI=1S/C16H22N2OS/c1-2-8-17-13-7-9-19-11-12(13)10-16-18-14-5-3-4-6-15(14)20-16/h3-6,12-13,17H,2,7-11H2,1H3. The van der Waals surface area contributed by atoms with E-state index in [1.807, 2.05) is 11.3 Å². The van der Waals surface area contributed by atoms with E-state index >= 15 is 0 Å². The maximum Gasteiger partial charge on any atom is 0.0942 e. The van der Waals surface area contributed by atoms with Crippen molar-refractivity contribution in [3.63, 3.8) is 0 Å². The Balaban J connectivity index is 1.70. The second-order valence-corrected chi connectivity index (χ2v) is 6.58. The number of thiazole rings is 1.